The van der Waals surface area contributed by atoms with Crippen molar-refractivity contribution in [2.24, 2.45) is 0 Å². The molecule has 6 heteroatoms. The van der Waals surface area contributed by atoms with Gasteiger partial charge in [0, 0.05) is 17.0 Å². The number of anilines is 1. The van der Waals surface area contributed by atoms with Crippen LogP contribution in [0.2, 0.25) is 0 Å². The Labute approximate surface area is 125 Å². The van der Waals surface area contributed by atoms with Gasteiger partial charge in [0.2, 0.25) is 10.0 Å². The zero-order chi connectivity index (χ0) is 14.8. The monoisotopic (exact) mass is 314 g/mol. The van der Waals surface area contributed by atoms with Crippen LogP contribution in [0.5, 0.6) is 0 Å². The van der Waals surface area contributed by atoms with Crippen LogP contribution in [0.25, 0.3) is 0 Å². The lowest BCUT2D eigenvalue weighted by Gasteiger charge is -2.28. The van der Waals surface area contributed by atoms with Gasteiger partial charge < -0.3 is 5.73 Å². The molecule has 4 nitrogen and oxygen atoms in total. The van der Waals surface area contributed by atoms with E-state index in [1.54, 1.807) is 25.1 Å². The molecule has 1 saturated carbocycles. The second-order valence-electron chi connectivity index (χ2n) is 5.30. The first-order valence-electron chi connectivity index (χ1n) is 6.84. The summed E-state index contributed by atoms with van der Waals surface area (Å²) in [6, 6.07) is 5.06. The summed E-state index contributed by atoms with van der Waals surface area (Å²) in [6.07, 6.45) is 6.08. The van der Waals surface area contributed by atoms with E-state index in [1.165, 1.54) is 0 Å². The Morgan fingerprint density at radius 1 is 1.25 bits per heavy atom. The number of benzene rings is 1. The molecule has 2 rings (SSSR count). The molecule has 3 N–H and O–H groups in total. The van der Waals surface area contributed by atoms with Crippen molar-refractivity contribution in [3.63, 3.8) is 0 Å². The van der Waals surface area contributed by atoms with Crippen molar-refractivity contribution in [2.75, 3.05) is 12.0 Å². The van der Waals surface area contributed by atoms with Crippen molar-refractivity contribution >= 4 is 27.5 Å². The van der Waals surface area contributed by atoms with Gasteiger partial charge in [0.05, 0.1) is 4.90 Å². The predicted molar refractivity (Wildman–Crippen MR) is 85.5 cm³/mol. The van der Waals surface area contributed by atoms with Gasteiger partial charge in [-0.15, -0.1) is 0 Å². The largest absolute Gasteiger partial charge is 0.398 e. The van der Waals surface area contributed by atoms with Crippen LogP contribution in [0, 0.1) is 6.92 Å². The molecule has 0 heterocycles. The van der Waals surface area contributed by atoms with Crippen LogP contribution in [0.3, 0.4) is 0 Å². The van der Waals surface area contributed by atoms with Crippen LogP contribution in [0.1, 0.15) is 31.2 Å². The van der Waals surface area contributed by atoms with E-state index in [0.717, 1.165) is 25.7 Å². The minimum absolute atomic E-state index is 0.0456. The Kier molecular flexibility index (Phi) is 4.99. The first-order chi connectivity index (χ1) is 9.44. The molecule has 0 saturated heterocycles. The summed E-state index contributed by atoms with van der Waals surface area (Å²) in [6.45, 7) is 1.74. The summed E-state index contributed by atoms with van der Waals surface area (Å²) in [4.78, 5) is 0.296. The molecule has 1 fully saturated rings. The van der Waals surface area contributed by atoms with Gasteiger partial charge in [0.1, 0.15) is 0 Å². The van der Waals surface area contributed by atoms with Crippen molar-refractivity contribution in [3.05, 3.63) is 23.8 Å². The van der Waals surface area contributed by atoms with Gasteiger partial charge in [-0.2, -0.15) is 11.8 Å². The number of sulfonamides is 1. The van der Waals surface area contributed by atoms with E-state index in [4.69, 9.17) is 5.73 Å². The minimum atomic E-state index is -3.47. The average molecular weight is 314 g/mol. The van der Waals surface area contributed by atoms with Crippen LogP contribution in [0.4, 0.5) is 5.69 Å². The Balaban J connectivity index is 2.10. The Morgan fingerprint density at radius 2 is 1.90 bits per heavy atom. The summed E-state index contributed by atoms with van der Waals surface area (Å²) >= 11 is 1.87. The highest BCUT2D eigenvalue weighted by Crippen LogP contribution is 2.28. The average Bonchev–Trinajstić information content (AvgIpc) is 2.42. The summed E-state index contributed by atoms with van der Waals surface area (Å²) in [5.41, 5.74) is 6.93. The highest BCUT2D eigenvalue weighted by atomic mass is 32.2. The Hall–Kier alpha value is -0.720. The second-order valence-corrected chi connectivity index (χ2v) is 8.12. The maximum atomic E-state index is 12.5. The topological polar surface area (TPSA) is 72.2 Å². The summed E-state index contributed by atoms with van der Waals surface area (Å²) in [5.74, 6) is 0. The van der Waals surface area contributed by atoms with E-state index >= 15 is 0 Å². The number of hydrogen-bond donors (Lipinski definition) is 2. The Morgan fingerprint density at radius 3 is 2.50 bits per heavy atom. The van der Waals surface area contributed by atoms with Crippen LogP contribution in [-0.2, 0) is 10.0 Å². The van der Waals surface area contributed by atoms with Crippen LogP contribution < -0.4 is 10.5 Å². The molecule has 0 radical (unpaired) electrons. The number of hydrogen-bond acceptors (Lipinski definition) is 4. The van der Waals surface area contributed by atoms with Gasteiger partial charge in [0.25, 0.3) is 0 Å². The predicted octanol–water partition coefficient (Wildman–Crippen LogP) is 2.53. The molecule has 20 heavy (non-hydrogen) atoms. The molecule has 0 bridgehead atoms. The number of nitrogens with two attached hydrogens (primary N) is 1. The maximum Gasteiger partial charge on any atom is 0.241 e. The number of nitrogen functional groups attached to an aromatic ring is 1. The quantitative estimate of drug-likeness (QED) is 0.838. The van der Waals surface area contributed by atoms with Gasteiger partial charge in [-0.25, -0.2) is 13.1 Å². The first-order valence-corrected chi connectivity index (χ1v) is 9.61. The molecule has 1 aromatic rings. The van der Waals surface area contributed by atoms with E-state index < -0.39 is 10.0 Å². The molecule has 112 valence electrons. The van der Waals surface area contributed by atoms with Crippen molar-refractivity contribution in [1.82, 2.24) is 4.72 Å². The van der Waals surface area contributed by atoms with E-state index in [0.29, 0.717) is 21.4 Å². The van der Waals surface area contributed by atoms with Gasteiger partial charge in [-0.05, 0) is 56.6 Å². The minimum Gasteiger partial charge on any atom is -0.398 e. The Bertz CT molecular complexity index is 565. The van der Waals surface area contributed by atoms with Gasteiger partial charge in [-0.1, -0.05) is 6.07 Å². The maximum absolute atomic E-state index is 12.5. The molecular weight excluding hydrogens is 292 g/mol. The third-order valence-corrected chi connectivity index (χ3v) is 6.75. The lowest BCUT2D eigenvalue weighted by Crippen LogP contribution is -2.38. The van der Waals surface area contributed by atoms with Crippen LogP contribution in [-0.4, -0.2) is 26.0 Å². The summed E-state index contributed by atoms with van der Waals surface area (Å²) in [5, 5.41) is 0.671. The van der Waals surface area contributed by atoms with Crippen molar-refractivity contribution < 1.29 is 8.42 Å². The van der Waals surface area contributed by atoms with E-state index in [2.05, 4.69) is 11.0 Å². The normalized spacial score (nSPS) is 23.7. The number of nitrogens with one attached hydrogen (secondary N) is 1. The van der Waals surface area contributed by atoms with Crippen LogP contribution >= 0.6 is 11.8 Å². The van der Waals surface area contributed by atoms with E-state index in [-0.39, 0.29) is 6.04 Å². The highest BCUT2D eigenvalue weighted by molar-refractivity contribution is 7.99. The third kappa shape index (κ3) is 3.48. The fraction of sp³-hybridized carbons (Fsp3) is 0.571. The molecule has 1 aromatic carbocycles. The number of thioether (sulfide) groups is 1. The van der Waals surface area contributed by atoms with Gasteiger partial charge in [0.15, 0.2) is 0 Å². The molecule has 0 atom stereocenters. The fourth-order valence-corrected chi connectivity index (χ4v) is 4.95. The fourth-order valence-electron chi connectivity index (χ4n) is 2.62. The van der Waals surface area contributed by atoms with Crippen molar-refractivity contribution in [2.45, 2.75) is 48.8 Å². The van der Waals surface area contributed by atoms with Crippen molar-refractivity contribution in [1.29, 1.82) is 0 Å². The summed E-state index contributed by atoms with van der Waals surface area (Å²) < 4.78 is 27.7. The van der Waals surface area contributed by atoms with Crippen LogP contribution in [0.15, 0.2) is 23.1 Å². The van der Waals surface area contributed by atoms with E-state index in [9.17, 15) is 8.42 Å². The molecule has 0 aromatic heterocycles. The zero-order valence-electron chi connectivity index (χ0n) is 11.9. The lowest BCUT2D eigenvalue weighted by molar-refractivity contribution is 0.420. The molecule has 0 spiro atoms. The molecular formula is C14H22N2O2S2. The number of rotatable bonds is 4. The smallest absolute Gasteiger partial charge is 0.241 e. The zero-order valence-corrected chi connectivity index (χ0v) is 13.6. The summed E-state index contributed by atoms with van der Waals surface area (Å²) in [7, 11) is -3.47. The molecule has 0 amide bonds. The highest BCUT2D eigenvalue weighted by Gasteiger charge is 2.26. The molecule has 0 aliphatic heterocycles. The van der Waals surface area contributed by atoms with Gasteiger partial charge >= 0.3 is 0 Å². The SMILES string of the molecule is CSC1CCC(NS(=O)(=O)c2cccc(N)c2C)CC1. The second kappa shape index (κ2) is 6.37. The van der Waals surface area contributed by atoms with Gasteiger partial charge in [-0.3, -0.25) is 0 Å². The van der Waals surface area contributed by atoms with Crippen molar-refractivity contribution in [3.8, 4) is 0 Å². The lowest BCUT2D eigenvalue weighted by atomic mass is 9.96. The standard InChI is InChI=1S/C14H22N2O2S2/c1-10-13(15)4-3-5-14(10)20(17,18)16-11-6-8-12(19-2)9-7-11/h3-5,11-12,16H,6-9,15H2,1-2H3. The molecule has 1 aliphatic carbocycles. The van der Waals surface area contributed by atoms with E-state index in [1.807, 2.05) is 11.8 Å². The molecule has 1 aliphatic rings. The molecule has 0 unspecified atom stereocenters. The third-order valence-electron chi connectivity index (χ3n) is 3.94. The first kappa shape index (κ1) is 15.7.